The van der Waals surface area contributed by atoms with Gasteiger partial charge in [-0.1, -0.05) is 6.92 Å². The quantitative estimate of drug-likeness (QED) is 0.564. The van der Waals surface area contributed by atoms with E-state index in [2.05, 4.69) is 0 Å². The third-order valence-electron chi connectivity index (χ3n) is 1.88. The molecule has 0 unspecified atom stereocenters. The standard InChI is InChI=1S/C8H15NO6S/c1-2-16(14,15)4-3-9(5-7(10)11)6-8(12)13/h2-6H2,1H3,(H,10,11)(H,12,13). The van der Waals surface area contributed by atoms with E-state index < -0.39 is 34.9 Å². The summed E-state index contributed by atoms with van der Waals surface area (Å²) in [6.07, 6.45) is 0. The second-order valence-corrected chi connectivity index (χ2v) is 5.71. The van der Waals surface area contributed by atoms with Gasteiger partial charge in [0.05, 0.1) is 18.8 Å². The third-order valence-corrected chi connectivity index (χ3v) is 3.56. The number of aliphatic carboxylic acids is 2. The lowest BCUT2D eigenvalue weighted by molar-refractivity contribution is -0.141. The highest BCUT2D eigenvalue weighted by Gasteiger charge is 2.16. The molecule has 0 radical (unpaired) electrons. The van der Waals surface area contributed by atoms with Crippen molar-refractivity contribution < 1.29 is 28.2 Å². The van der Waals surface area contributed by atoms with Crippen molar-refractivity contribution in [3.8, 4) is 0 Å². The van der Waals surface area contributed by atoms with Gasteiger partial charge in [-0.3, -0.25) is 14.5 Å². The van der Waals surface area contributed by atoms with Gasteiger partial charge in [0.2, 0.25) is 0 Å². The highest BCUT2D eigenvalue weighted by Crippen LogP contribution is 1.94. The highest BCUT2D eigenvalue weighted by atomic mass is 32.2. The van der Waals surface area contributed by atoms with Gasteiger partial charge in [-0.05, 0) is 0 Å². The van der Waals surface area contributed by atoms with Gasteiger partial charge in [-0.2, -0.15) is 0 Å². The van der Waals surface area contributed by atoms with Gasteiger partial charge < -0.3 is 10.2 Å². The molecule has 0 bridgehead atoms. The summed E-state index contributed by atoms with van der Waals surface area (Å²) in [5.74, 6) is -2.64. The van der Waals surface area contributed by atoms with Gasteiger partial charge in [0.1, 0.15) is 0 Å². The first-order valence-corrected chi connectivity index (χ1v) is 6.45. The second-order valence-electron chi connectivity index (χ2n) is 3.23. The Bertz CT molecular complexity index is 334. The molecule has 7 nitrogen and oxygen atoms in total. The largest absolute Gasteiger partial charge is 0.480 e. The maximum absolute atomic E-state index is 11.2. The molecule has 16 heavy (non-hydrogen) atoms. The molecule has 0 spiro atoms. The number of hydrogen-bond acceptors (Lipinski definition) is 5. The van der Waals surface area contributed by atoms with Crippen LogP contribution in [-0.2, 0) is 19.4 Å². The Kier molecular flexibility index (Phi) is 5.97. The Morgan fingerprint density at radius 1 is 1.12 bits per heavy atom. The van der Waals surface area contributed by atoms with Crippen molar-refractivity contribution in [1.29, 1.82) is 0 Å². The van der Waals surface area contributed by atoms with E-state index in [1.165, 1.54) is 6.92 Å². The number of hydrogen-bond donors (Lipinski definition) is 2. The maximum Gasteiger partial charge on any atom is 0.317 e. The predicted octanol–water partition coefficient (Wildman–Crippen LogP) is -1.11. The Balaban J connectivity index is 4.32. The number of nitrogens with zero attached hydrogens (tertiary/aromatic N) is 1. The number of sulfone groups is 1. The van der Waals surface area contributed by atoms with Crippen LogP contribution in [0.15, 0.2) is 0 Å². The van der Waals surface area contributed by atoms with Crippen LogP contribution < -0.4 is 0 Å². The van der Waals surface area contributed by atoms with Crippen molar-refractivity contribution in [2.45, 2.75) is 6.92 Å². The number of carboxylic acid groups (broad SMARTS) is 2. The number of carbonyl (C=O) groups is 2. The molecular formula is C8H15NO6S. The highest BCUT2D eigenvalue weighted by molar-refractivity contribution is 7.91. The summed E-state index contributed by atoms with van der Waals surface area (Å²) in [5, 5.41) is 17.0. The lowest BCUT2D eigenvalue weighted by Crippen LogP contribution is -2.37. The summed E-state index contributed by atoms with van der Waals surface area (Å²) in [4.78, 5) is 21.9. The molecule has 0 heterocycles. The monoisotopic (exact) mass is 253 g/mol. The topological polar surface area (TPSA) is 112 Å². The Hall–Kier alpha value is -1.15. The summed E-state index contributed by atoms with van der Waals surface area (Å²) >= 11 is 0. The van der Waals surface area contributed by atoms with E-state index in [9.17, 15) is 18.0 Å². The minimum absolute atomic E-state index is 0.0407. The van der Waals surface area contributed by atoms with Crippen LogP contribution >= 0.6 is 0 Å². The van der Waals surface area contributed by atoms with Crippen molar-refractivity contribution in [2.75, 3.05) is 31.1 Å². The molecule has 8 heteroatoms. The fourth-order valence-corrected chi connectivity index (χ4v) is 1.83. The lowest BCUT2D eigenvalue weighted by atomic mass is 10.4. The lowest BCUT2D eigenvalue weighted by Gasteiger charge is -2.17. The first kappa shape index (κ1) is 14.8. The van der Waals surface area contributed by atoms with Crippen LogP contribution in [0.3, 0.4) is 0 Å². The van der Waals surface area contributed by atoms with Crippen LogP contribution in [0.2, 0.25) is 0 Å². The van der Waals surface area contributed by atoms with Crippen molar-refractivity contribution in [3.05, 3.63) is 0 Å². The van der Waals surface area contributed by atoms with Crippen LogP contribution in [0.5, 0.6) is 0 Å². The maximum atomic E-state index is 11.2. The molecule has 0 aromatic heterocycles. The van der Waals surface area contributed by atoms with E-state index in [1.807, 2.05) is 0 Å². The zero-order chi connectivity index (χ0) is 12.8. The average Bonchev–Trinajstić information content (AvgIpc) is 2.13. The number of rotatable bonds is 8. The molecule has 0 fully saturated rings. The third kappa shape index (κ3) is 7.18. The van der Waals surface area contributed by atoms with Gasteiger partial charge in [-0.15, -0.1) is 0 Å². The van der Waals surface area contributed by atoms with E-state index in [0.29, 0.717) is 0 Å². The molecule has 0 rings (SSSR count). The van der Waals surface area contributed by atoms with E-state index in [0.717, 1.165) is 4.90 Å². The van der Waals surface area contributed by atoms with Gasteiger partial charge in [-0.25, -0.2) is 8.42 Å². The van der Waals surface area contributed by atoms with Crippen LogP contribution in [0.4, 0.5) is 0 Å². The van der Waals surface area contributed by atoms with Crippen molar-refractivity contribution in [1.82, 2.24) is 4.90 Å². The molecule has 2 N–H and O–H groups in total. The first-order chi connectivity index (χ1) is 7.26. The summed E-state index contributed by atoms with van der Waals surface area (Å²) in [6, 6.07) is 0. The molecule has 0 saturated carbocycles. The summed E-state index contributed by atoms with van der Waals surface area (Å²) in [5.41, 5.74) is 0. The van der Waals surface area contributed by atoms with Crippen LogP contribution in [0.25, 0.3) is 0 Å². The molecule has 0 atom stereocenters. The van der Waals surface area contributed by atoms with Crippen LogP contribution in [0, 0.1) is 0 Å². The molecule has 0 aromatic rings. The molecular weight excluding hydrogens is 238 g/mol. The molecule has 0 aliphatic rings. The van der Waals surface area contributed by atoms with E-state index in [-0.39, 0.29) is 18.1 Å². The minimum atomic E-state index is -3.21. The Labute approximate surface area is 93.6 Å². The summed E-state index contributed by atoms with van der Waals surface area (Å²) in [7, 11) is -3.21. The smallest absolute Gasteiger partial charge is 0.317 e. The zero-order valence-electron chi connectivity index (χ0n) is 8.92. The molecule has 0 saturated heterocycles. The van der Waals surface area contributed by atoms with Gasteiger partial charge in [0.15, 0.2) is 9.84 Å². The summed E-state index contributed by atoms with van der Waals surface area (Å²) < 4.78 is 22.3. The minimum Gasteiger partial charge on any atom is -0.480 e. The molecule has 0 aromatic carbocycles. The fraction of sp³-hybridized carbons (Fsp3) is 0.750. The van der Waals surface area contributed by atoms with E-state index in [4.69, 9.17) is 10.2 Å². The van der Waals surface area contributed by atoms with Crippen molar-refractivity contribution in [2.24, 2.45) is 0 Å². The predicted molar refractivity (Wildman–Crippen MR) is 56.0 cm³/mol. The van der Waals surface area contributed by atoms with E-state index in [1.54, 1.807) is 0 Å². The van der Waals surface area contributed by atoms with Gasteiger partial charge >= 0.3 is 11.9 Å². The first-order valence-electron chi connectivity index (χ1n) is 4.63. The Morgan fingerprint density at radius 3 is 1.88 bits per heavy atom. The van der Waals surface area contributed by atoms with Crippen molar-refractivity contribution >= 4 is 21.8 Å². The van der Waals surface area contributed by atoms with Gasteiger partial charge in [0.25, 0.3) is 0 Å². The average molecular weight is 253 g/mol. The molecule has 0 aliphatic carbocycles. The van der Waals surface area contributed by atoms with E-state index >= 15 is 0 Å². The molecule has 94 valence electrons. The SMILES string of the molecule is CCS(=O)(=O)CCN(CC(=O)O)CC(=O)O. The second kappa shape index (κ2) is 6.44. The normalized spacial score (nSPS) is 11.6. The number of carboxylic acids is 2. The fourth-order valence-electron chi connectivity index (χ4n) is 1.01. The van der Waals surface area contributed by atoms with Gasteiger partial charge in [0, 0.05) is 12.3 Å². The van der Waals surface area contributed by atoms with Crippen molar-refractivity contribution in [3.63, 3.8) is 0 Å². The molecule has 0 amide bonds. The Morgan fingerprint density at radius 2 is 1.56 bits per heavy atom. The summed E-state index contributed by atoms with van der Waals surface area (Å²) in [6.45, 7) is 0.430. The van der Waals surface area contributed by atoms with Crippen LogP contribution in [-0.4, -0.2) is 66.6 Å². The molecule has 0 aliphatic heterocycles. The van der Waals surface area contributed by atoms with Crippen LogP contribution in [0.1, 0.15) is 6.92 Å². The zero-order valence-corrected chi connectivity index (χ0v) is 9.73.